The standard InChI is InChI=1S/C2H7N.5C2H6N.4ClH.H2O.2Ta/c6*1-3-2;;;;;;;/h3H,1-2H3;5*1-2H3;4*1H;1H2;;/q;5*-1;;;;;;2*+2/p-4. The molecule has 0 saturated carbocycles. The van der Waals surface area contributed by atoms with E-state index in [9.17, 15) is 0 Å². The number of halogens is 4. The first-order chi connectivity index (χ1) is 11.3. The Morgan fingerprint density at radius 2 is 0.480 bits per heavy atom. The van der Waals surface area contributed by atoms with E-state index in [1.165, 1.54) is 0 Å². The fourth-order valence-corrected chi connectivity index (χ4v) is 0. The van der Waals surface area contributed by atoms with Gasteiger partial charge in [0, 0.05) is 0 Å². The molecule has 7 nitrogen and oxygen atoms in total. The number of hydrogen-bond acceptors (Lipinski definition) is 1. The monoisotopic (exact) mass is 785 g/mol. The molecule has 0 aliphatic carbocycles. The Labute approximate surface area is 192 Å². The molecular weight excluding hydrogens is 748 g/mol. The number of nitrogens with one attached hydrogen (secondary N) is 1. The Morgan fingerprint density at radius 1 is 0.480 bits per heavy atom. The molecule has 25 heavy (non-hydrogen) atoms. The molecule has 0 fully saturated rings. The topological polar surface area (TPSA) is 114 Å². The molecule has 0 radical (unpaired) electrons. The summed E-state index contributed by atoms with van der Waals surface area (Å²) in [6, 6.07) is 0. The minimum absolute atomic E-state index is 0. The van der Waals surface area contributed by atoms with Crippen LogP contribution in [-0.4, -0.2) is 90.0 Å². The quantitative estimate of drug-likeness (QED) is 0.372. The van der Waals surface area contributed by atoms with Crippen LogP contribution >= 0.6 is 36.8 Å². The molecule has 166 valence electrons. The van der Waals surface area contributed by atoms with E-state index < -0.39 is 35.2 Å². The number of nitrogens with zero attached hydrogens (tertiary/aromatic N) is 5. The summed E-state index contributed by atoms with van der Waals surface area (Å²) < 4.78 is 0. The second-order valence-corrected chi connectivity index (χ2v) is 12.1. The Morgan fingerprint density at radius 3 is 0.480 bits per heavy atom. The van der Waals surface area contributed by atoms with Crippen LogP contribution in [0.5, 0.6) is 0 Å². The third-order valence-electron chi connectivity index (χ3n) is 0. The van der Waals surface area contributed by atoms with Crippen molar-refractivity contribution in [2.45, 2.75) is 0 Å². The van der Waals surface area contributed by atoms with Gasteiger partial charge in [0.2, 0.25) is 0 Å². The third-order valence-corrected chi connectivity index (χ3v) is 0. The van der Waals surface area contributed by atoms with Gasteiger partial charge in [-0.1, -0.05) is 0 Å². The van der Waals surface area contributed by atoms with Gasteiger partial charge >= 0.3 is 71.9 Å². The first-order valence-corrected chi connectivity index (χ1v) is 22.1. The summed E-state index contributed by atoms with van der Waals surface area (Å²) in [4.78, 5) is 0. The van der Waals surface area contributed by atoms with Crippen molar-refractivity contribution in [1.82, 2.24) is 5.32 Å². The zero-order chi connectivity index (χ0) is 21.7. The maximum absolute atomic E-state index is 4.94. The van der Waals surface area contributed by atoms with Crippen LogP contribution in [-0.2, 0) is 35.2 Å². The van der Waals surface area contributed by atoms with Crippen LogP contribution in [0.3, 0.4) is 0 Å². The molecule has 0 aliphatic heterocycles. The molecule has 0 heterocycles. The van der Waals surface area contributed by atoms with E-state index in [0.717, 1.165) is 0 Å². The van der Waals surface area contributed by atoms with E-state index in [-0.39, 0.29) is 5.48 Å². The van der Waals surface area contributed by atoms with Crippen molar-refractivity contribution in [3.8, 4) is 0 Å². The summed E-state index contributed by atoms with van der Waals surface area (Å²) >= 11 is -1.78. The van der Waals surface area contributed by atoms with Crippen molar-refractivity contribution in [3.05, 3.63) is 26.6 Å². The van der Waals surface area contributed by atoms with Crippen molar-refractivity contribution >= 4 is 36.8 Å². The first-order valence-electron chi connectivity index (χ1n) is 6.15. The van der Waals surface area contributed by atoms with Crippen molar-refractivity contribution in [1.29, 1.82) is 0 Å². The summed E-state index contributed by atoms with van der Waals surface area (Å²) in [6.07, 6.45) is 0. The van der Waals surface area contributed by atoms with Gasteiger partial charge in [0.05, 0.1) is 0 Å². The zero-order valence-electron chi connectivity index (χ0n) is 17.6. The van der Waals surface area contributed by atoms with Gasteiger partial charge in [0.25, 0.3) is 0 Å². The van der Waals surface area contributed by atoms with Crippen molar-refractivity contribution < 1.29 is 40.7 Å². The summed E-state index contributed by atoms with van der Waals surface area (Å²) in [7, 11) is 41.0. The first kappa shape index (κ1) is 56.4. The Hall–Kier alpha value is 2.36. The summed E-state index contributed by atoms with van der Waals surface area (Å²) in [5, 5.41) is 20.2. The van der Waals surface area contributed by atoms with Crippen molar-refractivity contribution in [2.75, 3.05) is 84.6 Å². The fraction of sp³-hybridized carbons (Fsp3) is 1.00. The van der Waals surface area contributed by atoms with E-state index >= 15 is 0 Å². The molecule has 0 amide bonds. The van der Waals surface area contributed by atoms with Crippen molar-refractivity contribution in [3.63, 3.8) is 0 Å². The molecule has 0 aromatic carbocycles. The predicted octanol–water partition coefficient (Wildman–Crippen LogP) is 4.86. The average Bonchev–Trinajstić information content (AvgIpc) is 2.45. The predicted molar refractivity (Wildman–Crippen MR) is 118 cm³/mol. The van der Waals surface area contributed by atoms with Gasteiger partial charge in [-0.15, -0.1) is 0 Å². The molecular formula is C12H39Cl4N6OTa2-5. The third kappa shape index (κ3) is 2810. The van der Waals surface area contributed by atoms with E-state index in [2.05, 4.69) is 31.9 Å². The van der Waals surface area contributed by atoms with Gasteiger partial charge in [0.1, 0.15) is 0 Å². The SMILES string of the molecule is CNC.C[N-]C.C[N-]C.C[N-]C.C[N-]C.C[N-]C.O.[Cl][Ta][Cl].[Cl][Ta][Cl]. The molecule has 0 spiro atoms. The fourth-order valence-electron chi connectivity index (χ4n) is 0. The summed E-state index contributed by atoms with van der Waals surface area (Å²) in [5.41, 5.74) is 0. The van der Waals surface area contributed by atoms with Crippen LogP contribution < -0.4 is 5.32 Å². The van der Waals surface area contributed by atoms with Gasteiger partial charge in [0.15, 0.2) is 0 Å². The average molecular weight is 787 g/mol. The molecule has 0 rings (SSSR count). The van der Waals surface area contributed by atoms with Crippen LogP contribution in [0.4, 0.5) is 0 Å². The van der Waals surface area contributed by atoms with E-state index in [0.29, 0.717) is 0 Å². The van der Waals surface area contributed by atoms with Gasteiger partial charge in [-0.25, -0.2) is 0 Å². The molecule has 13 heteroatoms. The molecule has 0 unspecified atom stereocenters. The van der Waals surface area contributed by atoms with Crippen molar-refractivity contribution in [2.24, 2.45) is 0 Å². The van der Waals surface area contributed by atoms with Crippen LogP contribution in [0.15, 0.2) is 0 Å². The van der Waals surface area contributed by atoms with Crippen LogP contribution in [0.1, 0.15) is 0 Å². The second-order valence-electron chi connectivity index (χ2n) is 2.86. The van der Waals surface area contributed by atoms with Gasteiger partial charge in [-0.3, -0.25) is 0 Å². The Bertz CT molecular complexity index is 71.6. The minimum atomic E-state index is -0.889. The molecule has 0 aliphatic rings. The Balaban J connectivity index is -0.0000000166. The second kappa shape index (κ2) is 158. The zero-order valence-corrected chi connectivity index (χ0v) is 27.1. The maximum atomic E-state index is 4.94. The molecule has 0 aromatic rings. The number of hydrogen-bond donors (Lipinski definition) is 1. The number of rotatable bonds is 0. The molecule has 0 saturated heterocycles. The summed E-state index contributed by atoms with van der Waals surface area (Å²) in [6.45, 7) is 0. The molecule has 0 bridgehead atoms. The van der Waals surface area contributed by atoms with Crippen LogP contribution in [0.25, 0.3) is 26.6 Å². The van der Waals surface area contributed by atoms with Crippen LogP contribution in [0.2, 0.25) is 0 Å². The van der Waals surface area contributed by atoms with E-state index in [1.54, 1.807) is 70.5 Å². The van der Waals surface area contributed by atoms with Gasteiger partial charge < -0.3 is 37.4 Å². The molecule has 3 N–H and O–H groups in total. The van der Waals surface area contributed by atoms with E-state index in [4.69, 9.17) is 36.8 Å². The Kier molecular flexibility index (Phi) is 356. The van der Waals surface area contributed by atoms with Gasteiger partial charge in [-0.05, 0) is 14.1 Å². The van der Waals surface area contributed by atoms with Gasteiger partial charge in [-0.2, -0.15) is 70.5 Å². The molecule has 0 aromatic heterocycles. The van der Waals surface area contributed by atoms with E-state index in [1.807, 2.05) is 14.1 Å². The molecule has 0 atom stereocenters. The normalized spacial score (nSPS) is 5.44. The van der Waals surface area contributed by atoms with Crippen LogP contribution in [0, 0.1) is 0 Å². The summed E-state index contributed by atoms with van der Waals surface area (Å²) in [5.74, 6) is 0.